The first kappa shape index (κ1) is 10.6. The van der Waals surface area contributed by atoms with Gasteiger partial charge in [0.1, 0.15) is 0 Å². The Morgan fingerprint density at radius 3 is 2.93 bits per heavy atom. The number of hydrogen-bond donors (Lipinski definition) is 1. The molecule has 2 heterocycles. The predicted octanol–water partition coefficient (Wildman–Crippen LogP) is 2.23. The van der Waals surface area contributed by atoms with Crippen LogP contribution in [-0.2, 0) is 6.42 Å². The van der Waals surface area contributed by atoms with Crippen molar-refractivity contribution in [1.29, 1.82) is 0 Å². The molecule has 0 aliphatic carbocycles. The first-order valence-electron chi connectivity index (χ1n) is 5.14. The number of thiazole rings is 1. The minimum absolute atomic E-state index is 0.142. The number of fused-ring (bicyclic) bond motifs is 1. The second-order valence-electron chi connectivity index (χ2n) is 4.74. The molecule has 0 aliphatic heterocycles. The van der Waals surface area contributed by atoms with Crippen LogP contribution in [0.25, 0.3) is 4.96 Å². The summed E-state index contributed by atoms with van der Waals surface area (Å²) in [6, 6.07) is 0. The van der Waals surface area contributed by atoms with Crippen molar-refractivity contribution in [3.05, 3.63) is 23.0 Å². The molecule has 2 N–H and O–H groups in total. The van der Waals surface area contributed by atoms with E-state index in [1.807, 2.05) is 0 Å². The van der Waals surface area contributed by atoms with E-state index in [0.717, 1.165) is 17.1 Å². The average molecular weight is 223 g/mol. The van der Waals surface area contributed by atoms with Crippen LogP contribution in [0, 0.1) is 12.3 Å². The molecule has 82 valence electrons. The van der Waals surface area contributed by atoms with Gasteiger partial charge in [0.25, 0.3) is 0 Å². The Bertz CT molecular complexity index is 467. The Labute approximate surface area is 93.9 Å². The van der Waals surface area contributed by atoms with Crippen molar-refractivity contribution in [3.8, 4) is 0 Å². The summed E-state index contributed by atoms with van der Waals surface area (Å²) in [6.07, 6.45) is 3.06. The maximum Gasteiger partial charge on any atom is 0.194 e. The molecule has 2 rings (SSSR count). The second-order valence-corrected chi connectivity index (χ2v) is 5.62. The fourth-order valence-electron chi connectivity index (χ4n) is 1.68. The maximum atomic E-state index is 5.77. The van der Waals surface area contributed by atoms with Gasteiger partial charge in [0.05, 0.1) is 5.69 Å². The van der Waals surface area contributed by atoms with Crippen LogP contribution in [0.2, 0.25) is 0 Å². The van der Waals surface area contributed by atoms with E-state index in [0.29, 0.717) is 6.54 Å². The molecule has 0 unspecified atom stereocenters. The number of nitrogens with two attached hydrogens (primary N) is 1. The van der Waals surface area contributed by atoms with E-state index in [1.165, 1.54) is 5.69 Å². The molecule has 3 nitrogen and oxygen atoms in total. The van der Waals surface area contributed by atoms with E-state index in [4.69, 9.17) is 5.73 Å². The van der Waals surface area contributed by atoms with Gasteiger partial charge in [-0.25, -0.2) is 4.98 Å². The number of hydrogen-bond acceptors (Lipinski definition) is 3. The monoisotopic (exact) mass is 223 g/mol. The zero-order valence-corrected chi connectivity index (χ0v) is 10.3. The van der Waals surface area contributed by atoms with Gasteiger partial charge in [0.2, 0.25) is 0 Å². The Morgan fingerprint density at radius 1 is 1.53 bits per heavy atom. The first-order valence-corrected chi connectivity index (χ1v) is 6.02. The highest BCUT2D eigenvalue weighted by Crippen LogP contribution is 2.25. The lowest BCUT2D eigenvalue weighted by atomic mass is 9.87. The molecule has 0 fully saturated rings. The Balaban J connectivity index is 2.42. The molecule has 0 aliphatic rings. The molecule has 0 bridgehead atoms. The first-order chi connectivity index (χ1) is 7.03. The van der Waals surface area contributed by atoms with Gasteiger partial charge < -0.3 is 5.73 Å². The number of nitrogens with zero attached hydrogens (tertiary/aromatic N) is 2. The quantitative estimate of drug-likeness (QED) is 0.867. The van der Waals surface area contributed by atoms with Crippen molar-refractivity contribution in [1.82, 2.24) is 9.38 Å². The SMILES string of the molecule is Cc1nc2sccn2c1CC(C)(C)CN. The third kappa shape index (κ3) is 1.92. The van der Waals surface area contributed by atoms with Gasteiger partial charge in [-0.2, -0.15) is 0 Å². The van der Waals surface area contributed by atoms with Gasteiger partial charge in [-0.15, -0.1) is 11.3 Å². The lowest BCUT2D eigenvalue weighted by molar-refractivity contribution is 0.371. The number of aryl methyl sites for hydroxylation is 1. The normalized spacial score (nSPS) is 12.5. The minimum atomic E-state index is 0.142. The van der Waals surface area contributed by atoms with Crippen molar-refractivity contribution >= 4 is 16.3 Å². The predicted molar refractivity (Wildman–Crippen MR) is 64.3 cm³/mol. The number of rotatable bonds is 3. The van der Waals surface area contributed by atoms with Gasteiger partial charge in [-0.3, -0.25) is 4.40 Å². The molecule has 4 heteroatoms. The third-order valence-corrected chi connectivity index (χ3v) is 3.52. The van der Waals surface area contributed by atoms with Crippen LogP contribution in [0.3, 0.4) is 0 Å². The molecular formula is C11H17N3S. The topological polar surface area (TPSA) is 43.3 Å². The molecule has 0 radical (unpaired) electrons. The van der Waals surface area contributed by atoms with Gasteiger partial charge in [0, 0.05) is 17.3 Å². The molecule has 0 spiro atoms. The molecule has 0 atom stereocenters. The maximum absolute atomic E-state index is 5.77. The summed E-state index contributed by atoms with van der Waals surface area (Å²) in [7, 11) is 0. The lowest BCUT2D eigenvalue weighted by Gasteiger charge is -2.22. The zero-order valence-electron chi connectivity index (χ0n) is 9.45. The van der Waals surface area contributed by atoms with Crippen molar-refractivity contribution in [2.75, 3.05) is 6.54 Å². The number of aromatic nitrogens is 2. The smallest absolute Gasteiger partial charge is 0.194 e. The summed E-state index contributed by atoms with van der Waals surface area (Å²) in [5, 5.41) is 2.07. The minimum Gasteiger partial charge on any atom is -0.330 e. The van der Waals surface area contributed by atoms with E-state index in [1.54, 1.807) is 11.3 Å². The average Bonchev–Trinajstić information content (AvgIpc) is 2.71. The van der Waals surface area contributed by atoms with Crippen molar-refractivity contribution in [2.24, 2.45) is 11.1 Å². The van der Waals surface area contributed by atoms with Crippen LogP contribution in [0.15, 0.2) is 11.6 Å². The molecule has 0 saturated heterocycles. The van der Waals surface area contributed by atoms with Crippen LogP contribution < -0.4 is 5.73 Å². The van der Waals surface area contributed by atoms with Crippen molar-refractivity contribution in [2.45, 2.75) is 27.2 Å². The zero-order chi connectivity index (χ0) is 11.1. The summed E-state index contributed by atoms with van der Waals surface area (Å²) in [6.45, 7) is 7.15. The standard InChI is InChI=1S/C11H17N3S/c1-8-9(6-11(2,3)7-12)14-4-5-15-10(14)13-8/h4-5H,6-7,12H2,1-3H3. The fourth-order valence-corrected chi connectivity index (χ4v) is 2.46. The van der Waals surface area contributed by atoms with Gasteiger partial charge in [-0.05, 0) is 25.3 Å². The van der Waals surface area contributed by atoms with E-state index in [9.17, 15) is 0 Å². The Morgan fingerprint density at radius 2 is 2.27 bits per heavy atom. The van der Waals surface area contributed by atoms with Crippen molar-refractivity contribution in [3.63, 3.8) is 0 Å². The summed E-state index contributed by atoms with van der Waals surface area (Å²) in [5.41, 5.74) is 8.33. The van der Waals surface area contributed by atoms with Gasteiger partial charge in [-0.1, -0.05) is 13.8 Å². The molecule has 0 saturated carbocycles. The van der Waals surface area contributed by atoms with Crippen LogP contribution in [0.1, 0.15) is 25.2 Å². The molecule has 2 aromatic rings. The summed E-state index contributed by atoms with van der Waals surface area (Å²) < 4.78 is 2.18. The largest absolute Gasteiger partial charge is 0.330 e. The highest BCUT2D eigenvalue weighted by molar-refractivity contribution is 7.15. The van der Waals surface area contributed by atoms with E-state index < -0.39 is 0 Å². The van der Waals surface area contributed by atoms with Crippen LogP contribution >= 0.6 is 11.3 Å². The van der Waals surface area contributed by atoms with Gasteiger partial charge >= 0.3 is 0 Å². The van der Waals surface area contributed by atoms with Gasteiger partial charge in [0.15, 0.2) is 4.96 Å². The summed E-state index contributed by atoms with van der Waals surface area (Å²) >= 11 is 1.68. The lowest BCUT2D eigenvalue weighted by Crippen LogP contribution is -2.26. The summed E-state index contributed by atoms with van der Waals surface area (Å²) in [5.74, 6) is 0. The molecule has 0 amide bonds. The van der Waals surface area contributed by atoms with Crippen LogP contribution in [0.5, 0.6) is 0 Å². The van der Waals surface area contributed by atoms with Crippen LogP contribution in [-0.4, -0.2) is 15.9 Å². The van der Waals surface area contributed by atoms with E-state index >= 15 is 0 Å². The van der Waals surface area contributed by atoms with Crippen LogP contribution in [0.4, 0.5) is 0 Å². The highest BCUT2D eigenvalue weighted by atomic mass is 32.1. The molecule has 15 heavy (non-hydrogen) atoms. The molecular weight excluding hydrogens is 206 g/mol. The highest BCUT2D eigenvalue weighted by Gasteiger charge is 2.20. The molecule has 2 aromatic heterocycles. The second kappa shape index (κ2) is 3.61. The van der Waals surface area contributed by atoms with Crippen molar-refractivity contribution < 1.29 is 0 Å². The Hall–Kier alpha value is -0.870. The third-order valence-electron chi connectivity index (χ3n) is 2.76. The summed E-state index contributed by atoms with van der Waals surface area (Å²) in [4.78, 5) is 5.61. The molecule has 0 aromatic carbocycles. The fraction of sp³-hybridized carbons (Fsp3) is 0.545. The van der Waals surface area contributed by atoms with E-state index in [2.05, 4.69) is 41.7 Å². The van der Waals surface area contributed by atoms with E-state index in [-0.39, 0.29) is 5.41 Å². The Kier molecular flexibility index (Phi) is 2.56. The number of imidazole rings is 1.